The van der Waals surface area contributed by atoms with Crippen LogP contribution < -0.4 is 10.5 Å². The van der Waals surface area contributed by atoms with Crippen LogP contribution in [0, 0.1) is 11.3 Å². The summed E-state index contributed by atoms with van der Waals surface area (Å²) in [5.41, 5.74) is 11.4. The third-order valence-electron chi connectivity index (χ3n) is 4.60. The second-order valence-electron chi connectivity index (χ2n) is 5.85. The number of nitriles is 1. The van der Waals surface area contributed by atoms with Gasteiger partial charge in [-0.3, -0.25) is 0 Å². The summed E-state index contributed by atoms with van der Waals surface area (Å²) in [4.78, 5) is 0. The van der Waals surface area contributed by atoms with E-state index in [1.54, 1.807) is 0 Å². The molecule has 4 rings (SSSR count). The number of allylic oxidation sites excluding steroid dienone is 7. The molecule has 0 amide bonds. The van der Waals surface area contributed by atoms with Gasteiger partial charge in [0.2, 0.25) is 5.88 Å². The average Bonchev–Trinajstić information content (AvgIpc) is 2.93. The van der Waals surface area contributed by atoms with Crippen LogP contribution in [-0.2, 0) is 0 Å². The van der Waals surface area contributed by atoms with E-state index in [2.05, 4.69) is 24.3 Å². The number of rotatable bonds is 1. The Morgan fingerprint density at radius 3 is 2.73 bits per heavy atom. The first-order valence-electron chi connectivity index (χ1n) is 7.56. The summed E-state index contributed by atoms with van der Waals surface area (Å²) in [6.07, 6.45) is 10.1. The normalized spacial score (nSPS) is 22.7. The Bertz CT molecular complexity index is 812. The quantitative estimate of drug-likeness (QED) is 0.854. The fraction of sp³-hybridized carbons (Fsp3) is 0.211. The fourth-order valence-electron chi connectivity index (χ4n) is 3.25. The van der Waals surface area contributed by atoms with Gasteiger partial charge in [-0.15, -0.1) is 0 Å². The molecular weight excluding hydrogens is 272 g/mol. The molecule has 22 heavy (non-hydrogen) atoms. The van der Waals surface area contributed by atoms with E-state index in [4.69, 9.17) is 10.5 Å². The molecule has 1 unspecified atom stereocenters. The van der Waals surface area contributed by atoms with Crippen LogP contribution in [0.3, 0.4) is 0 Å². The van der Waals surface area contributed by atoms with Crippen molar-refractivity contribution in [1.82, 2.24) is 0 Å². The Hall–Kier alpha value is -2.73. The minimum atomic E-state index is -0.135. The predicted molar refractivity (Wildman–Crippen MR) is 84.7 cm³/mol. The zero-order valence-corrected chi connectivity index (χ0v) is 12.2. The number of benzene rings is 1. The first kappa shape index (κ1) is 13.0. The lowest BCUT2D eigenvalue weighted by Gasteiger charge is -2.26. The molecule has 1 aromatic carbocycles. The number of nitrogens with two attached hydrogens (primary N) is 1. The Labute approximate surface area is 129 Å². The van der Waals surface area contributed by atoms with Gasteiger partial charge in [0.1, 0.15) is 17.4 Å². The van der Waals surface area contributed by atoms with Crippen LogP contribution in [0.2, 0.25) is 0 Å². The zero-order chi connectivity index (χ0) is 15.1. The maximum Gasteiger partial charge on any atom is 0.205 e. The van der Waals surface area contributed by atoms with E-state index in [0.717, 1.165) is 16.9 Å². The molecule has 0 saturated heterocycles. The lowest BCUT2D eigenvalue weighted by atomic mass is 9.83. The Balaban J connectivity index is 1.83. The van der Waals surface area contributed by atoms with Crippen molar-refractivity contribution in [3.05, 3.63) is 76.2 Å². The standard InChI is InChI=1S/C19H16N2O/c20-11-16-18(14-9-8-13(10-14)12-4-3-5-12)15-6-1-2-7-17(15)22-19(16)21/h1-2,6-10,18H,3-5,21H2. The molecular formula is C19H16N2O. The molecule has 0 aromatic heterocycles. The second-order valence-corrected chi connectivity index (χ2v) is 5.85. The number of hydrogen-bond donors (Lipinski definition) is 1. The average molecular weight is 288 g/mol. The van der Waals surface area contributed by atoms with Crippen molar-refractivity contribution < 1.29 is 4.74 Å². The summed E-state index contributed by atoms with van der Waals surface area (Å²) < 4.78 is 5.60. The fourth-order valence-corrected chi connectivity index (χ4v) is 3.25. The van der Waals surface area contributed by atoms with Crippen LogP contribution in [0.25, 0.3) is 0 Å². The topological polar surface area (TPSA) is 59.0 Å². The predicted octanol–water partition coefficient (Wildman–Crippen LogP) is 3.83. The van der Waals surface area contributed by atoms with Crippen LogP contribution in [-0.4, -0.2) is 0 Å². The molecule has 1 fully saturated rings. The van der Waals surface area contributed by atoms with E-state index in [9.17, 15) is 5.26 Å². The molecule has 1 heterocycles. The van der Waals surface area contributed by atoms with Gasteiger partial charge in [0, 0.05) is 5.56 Å². The van der Waals surface area contributed by atoms with E-state index in [1.807, 2.05) is 24.3 Å². The van der Waals surface area contributed by atoms with Gasteiger partial charge >= 0.3 is 0 Å². The molecule has 2 N–H and O–H groups in total. The van der Waals surface area contributed by atoms with E-state index >= 15 is 0 Å². The van der Waals surface area contributed by atoms with Crippen molar-refractivity contribution in [3.63, 3.8) is 0 Å². The van der Waals surface area contributed by atoms with Gasteiger partial charge in [-0.1, -0.05) is 42.0 Å². The molecule has 0 radical (unpaired) electrons. The highest BCUT2D eigenvalue weighted by Crippen LogP contribution is 2.45. The minimum Gasteiger partial charge on any atom is -0.440 e. The minimum absolute atomic E-state index is 0.135. The summed E-state index contributed by atoms with van der Waals surface area (Å²) >= 11 is 0. The molecule has 0 bridgehead atoms. The van der Waals surface area contributed by atoms with Crippen molar-refractivity contribution in [1.29, 1.82) is 5.26 Å². The summed E-state index contributed by atoms with van der Waals surface area (Å²) in [5, 5.41) is 9.52. The number of para-hydroxylation sites is 1. The maximum atomic E-state index is 9.52. The number of nitrogens with zero attached hydrogens (tertiary/aromatic N) is 1. The number of hydrogen-bond acceptors (Lipinski definition) is 3. The lowest BCUT2D eigenvalue weighted by Crippen LogP contribution is -2.20. The van der Waals surface area contributed by atoms with Crippen LogP contribution in [0.1, 0.15) is 30.7 Å². The summed E-state index contributed by atoms with van der Waals surface area (Å²) in [5.74, 6) is 0.817. The van der Waals surface area contributed by atoms with Crippen LogP contribution in [0.4, 0.5) is 0 Å². The van der Waals surface area contributed by atoms with Crippen LogP contribution in [0.15, 0.2) is 70.7 Å². The van der Waals surface area contributed by atoms with Gasteiger partial charge in [-0.2, -0.15) is 5.26 Å². The smallest absolute Gasteiger partial charge is 0.205 e. The second kappa shape index (κ2) is 4.92. The van der Waals surface area contributed by atoms with Crippen molar-refractivity contribution in [2.45, 2.75) is 25.2 Å². The van der Waals surface area contributed by atoms with Gasteiger partial charge in [0.15, 0.2) is 0 Å². The van der Waals surface area contributed by atoms with Gasteiger partial charge < -0.3 is 10.5 Å². The van der Waals surface area contributed by atoms with Gasteiger partial charge in [0.05, 0.1) is 5.92 Å². The Morgan fingerprint density at radius 2 is 2.00 bits per heavy atom. The largest absolute Gasteiger partial charge is 0.440 e. The third kappa shape index (κ3) is 1.88. The number of ether oxygens (including phenoxy) is 1. The molecule has 108 valence electrons. The van der Waals surface area contributed by atoms with E-state index in [0.29, 0.717) is 5.57 Å². The molecule has 2 aliphatic carbocycles. The molecule has 1 aromatic rings. The molecule has 3 heteroatoms. The Morgan fingerprint density at radius 1 is 1.18 bits per heavy atom. The molecule has 3 nitrogen and oxygen atoms in total. The number of fused-ring (bicyclic) bond motifs is 1. The lowest BCUT2D eigenvalue weighted by molar-refractivity contribution is 0.393. The van der Waals surface area contributed by atoms with E-state index in [1.165, 1.54) is 30.4 Å². The third-order valence-corrected chi connectivity index (χ3v) is 4.60. The van der Waals surface area contributed by atoms with Crippen molar-refractivity contribution in [2.75, 3.05) is 0 Å². The molecule has 3 aliphatic rings. The Kier molecular flexibility index (Phi) is 2.90. The first-order valence-corrected chi connectivity index (χ1v) is 7.56. The van der Waals surface area contributed by atoms with Gasteiger partial charge in [-0.05, 0) is 36.5 Å². The van der Waals surface area contributed by atoms with Gasteiger partial charge in [-0.25, -0.2) is 0 Å². The van der Waals surface area contributed by atoms with E-state index in [-0.39, 0.29) is 11.8 Å². The SMILES string of the molecule is N#CC1=C(N)Oc2ccccc2C1C1=CC(=C2CCC2)C=C1. The molecule has 1 saturated carbocycles. The van der Waals surface area contributed by atoms with Crippen molar-refractivity contribution >= 4 is 0 Å². The van der Waals surface area contributed by atoms with Crippen molar-refractivity contribution in [2.24, 2.45) is 5.73 Å². The highest BCUT2D eigenvalue weighted by Gasteiger charge is 2.32. The molecule has 1 atom stereocenters. The van der Waals surface area contributed by atoms with Crippen molar-refractivity contribution in [3.8, 4) is 11.8 Å². The summed E-state index contributed by atoms with van der Waals surface area (Å²) in [6.45, 7) is 0. The van der Waals surface area contributed by atoms with Crippen LogP contribution in [0.5, 0.6) is 5.75 Å². The zero-order valence-electron chi connectivity index (χ0n) is 12.2. The summed E-state index contributed by atoms with van der Waals surface area (Å²) in [7, 11) is 0. The summed E-state index contributed by atoms with van der Waals surface area (Å²) in [6, 6.07) is 10.0. The monoisotopic (exact) mass is 288 g/mol. The molecule has 1 aliphatic heterocycles. The first-order chi connectivity index (χ1) is 10.8. The van der Waals surface area contributed by atoms with Crippen LogP contribution >= 0.6 is 0 Å². The maximum absolute atomic E-state index is 9.52. The highest BCUT2D eigenvalue weighted by molar-refractivity contribution is 5.61. The van der Waals surface area contributed by atoms with Gasteiger partial charge in [0.25, 0.3) is 0 Å². The highest BCUT2D eigenvalue weighted by atomic mass is 16.5. The molecule has 0 spiro atoms. The van der Waals surface area contributed by atoms with E-state index < -0.39 is 0 Å².